The van der Waals surface area contributed by atoms with Gasteiger partial charge in [0.15, 0.2) is 0 Å². The highest BCUT2D eigenvalue weighted by molar-refractivity contribution is 5.96. The fourth-order valence-electron chi connectivity index (χ4n) is 1.34. The first-order valence-corrected chi connectivity index (χ1v) is 6.05. The van der Waals surface area contributed by atoms with Crippen molar-refractivity contribution in [2.75, 3.05) is 12.4 Å². The summed E-state index contributed by atoms with van der Waals surface area (Å²) >= 11 is 0. The van der Waals surface area contributed by atoms with E-state index in [0.717, 1.165) is 0 Å². The Morgan fingerprint density at radius 2 is 1.84 bits per heavy atom. The molecule has 1 aromatic rings. The summed E-state index contributed by atoms with van der Waals surface area (Å²) in [5.41, 5.74) is 0.163. The first-order valence-electron chi connectivity index (χ1n) is 6.05. The van der Waals surface area contributed by atoms with Gasteiger partial charge in [-0.2, -0.15) is 0 Å². The lowest BCUT2D eigenvalue weighted by Crippen LogP contribution is -2.46. The van der Waals surface area contributed by atoms with Gasteiger partial charge in [0.2, 0.25) is 5.91 Å². The van der Waals surface area contributed by atoms with Crippen LogP contribution >= 0.6 is 0 Å². The minimum Gasteiger partial charge on any atom is -0.372 e. The third-order valence-corrected chi connectivity index (χ3v) is 2.30. The van der Waals surface area contributed by atoms with E-state index >= 15 is 0 Å². The second-order valence-corrected chi connectivity index (χ2v) is 4.40. The summed E-state index contributed by atoms with van der Waals surface area (Å²) in [6.45, 7) is 5.33. The molecule has 0 aliphatic rings. The van der Waals surface area contributed by atoms with Crippen LogP contribution in [0.3, 0.4) is 0 Å². The molecule has 0 aliphatic carbocycles. The highest BCUT2D eigenvalue weighted by Gasteiger charge is 2.18. The van der Waals surface area contributed by atoms with E-state index in [1.165, 1.54) is 12.4 Å². The molecule has 1 heterocycles. The molecule has 7 nitrogen and oxygen atoms in total. The van der Waals surface area contributed by atoms with Gasteiger partial charge in [-0.05, 0) is 20.8 Å². The van der Waals surface area contributed by atoms with Crippen LogP contribution in [-0.2, 0) is 4.79 Å². The maximum atomic E-state index is 11.9. The smallest absolute Gasteiger partial charge is 0.272 e. The monoisotopic (exact) mass is 265 g/mol. The molecule has 0 aromatic carbocycles. The summed E-state index contributed by atoms with van der Waals surface area (Å²) in [5.74, 6) is -0.177. The Morgan fingerprint density at radius 3 is 2.42 bits per heavy atom. The zero-order valence-electron chi connectivity index (χ0n) is 11.5. The number of aromatic nitrogens is 2. The maximum absolute atomic E-state index is 11.9. The quantitative estimate of drug-likeness (QED) is 0.705. The van der Waals surface area contributed by atoms with Gasteiger partial charge in [-0.3, -0.25) is 14.6 Å². The van der Waals surface area contributed by atoms with Gasteiger partial charge in [-0.1, -0.05) is 0 Å². The molecule has 0 aliphatic heterocycles. The Morgan fingerprint density at radius 1 is 1.16 bits per heavy atom. The van der Waals surface area contributed by atoms with Crippen LogP contribution in [0.2, 0.25) is 0 Å². The average molecular weight is 265 g/mol. The van der Waals surface area contributed by atoms with Crippen LogP contribution in [0.5, 0.6) is 0 Å². The summed E-state index contributed by atoms with van der Waals surface area (Å²) in [7, 11) is 1.68. The Balaban J connectivity index is 2.65. The molecular weight excluding hydrogens is 246 g/mol. The molecular formula is C12H19N5O2. The second kappa shape index (κ2) is 6.67. The van der Waals surface area contributed by atoms with Gasteiger partial charge < -0.3 is 16.0 Å². The number of hydrogen-bond donors (Lipinski definition) is 3. The van der Waals surface area contributed by atoms with Crippen molar-refractivity contribution in [1.82, 2.24) is 20.6 Å². The minimum absolute atomic E-state index is 0.0271. The van der Waals surface area contributed by atoms with Crippen LogP contribution < -0.4 is 16.0 Å². The molecule has 0 saturated heterocycles. The normalized spacial score (nSPS) is 11.8. The predicted octanol–water partition coefficient (Wildman–Crippen LogP) is 0.161. The highest BCUT2D eigenvalue weighted by Crippen LogP contribution is 2.01. The maximum Gasteiger partial charge on any atom is 0.272 e. The Bertz CT molecular complexity index is 461. The third-order valence-electron chi connectivity index (χ3n) is 2.30. The lowest BCUT2D eigenvalue weighted by atomic mass is 10.2. The zero-order chi connectivity index (χ0) is 14.4. The van der Waals surface area contributed by atoms with Crippen molar-refractivity contribution in [2.24, 2.45) is 0 Å². The molecule has 0 spiro atoms. The van der Waals surface area contributed by atoms with E-state index in [2.05, 4.69) is 25.9 Å². The molecule has 2 amide bonds. The van der Waals surface area contributed by atoms with Crippen molar-refractivity contribution >= 4 is 17.6 Å². The van der Waals surface area contributed by atoms with Crippen molar-refractivity contribution in [3.63, 3.8) is 0 Å². The number of anilines is 1. The molecule has 0 fully saturated rings. The number of nitrogens with one attached hydrogen (secondary N) is 3. The van der Waals surface area contributed by atoms with Crippen molar-refractivity contribution in [1.29, 1.82) is 0 Å². The Hall–Kier alpha value is -2.18. The molecule has 1 aromatic heterocycles. The number of carbonyl (C=O) groups is 2. The van der Waals surface area contributed by atoms with Crippen LogP contribution in [0.4, 0.5) is 5.82 Å². The number of nitrogens with zero attached hydrogens (tertiary/aromatic N) is 2. The first kappa shape index (κ1) is 14.9. The molecule has 0 bridgehead atoms. The van der Waals surface area contributed by atoms with E-state index in [1.54, 1.807) is 14.0 Å². The lowest BCUT2D eigenvalue weighted by molar-refractivity contribution is -0.123. The molecule has 1 unspecified atom stereocenters. The summed E-state index contributed by atoms with van der Waals surface area (Å²) < 4.78 is 0. The van der Waals surface area contributed by atoms with Crippen molar-refractivity contribution in [3.05, 3.63) is 18.1 Å². The summed E-state index contributed by atoms with van der Waals surface area (Å²) in [4.78, 5) is 31.5. The average Bonchev–Trinajstić information content (AvgIpc) is 2.37. The number of hydrogen-bond acceptors (Lipinski definition) is 5. The Kier molecular flexibility index (Phi) is 5.23. The summed E-state index contributed by atoms with van der Waals surface area (Å²) in [6, 6.07) is -0.603. The number of carbonyl (C=O) groups excluding carboxylic acids is 2. The van der Waals surface area contributed by atoms with Gasteiger partial charge in [0.05, 0.1) is 12.4 Å². The van der Waals surface area contributed by atoms with Crippen molar-refractivity contribution in [3.8, 4) is 0 Å². The van der Waals surface area contributed by atoms with E-state index in [9.17, 15) is 9.59 Å². The van der Waals surface area contributed by atoms with Gasteiger partial charge in [0, 0.05) is 13.1 Å². The van der Waals surface area contributed by atoms with Gasteiger partial charge in [0.25, 0.3) is 5.91 Å². The van der Waals surface area contributed by atoms with E-state index in [4.69, 9.17) is 0 Å². The van der Waals surface area contributed by atoms with Gasteiger partial charge in [0.1, 0.15) is 17.6 Å². The van der Waals surface area contributed by atoms with Crippen molar-refractivity contribution < 1.29 is 9.59 Å². The second-order valence-electron chi connectivity index (χ2n) is 4.40. The predicted molar refractivity (Wildman–Crippen MR) is 71.8 cm³/mol. The summed E-state index contributed by atoms with van der Waals surface area (Å²) in [5, 5.41) is 8.08. The van der Waals surface area contributed by atoms with Crippen LogP contribution in [0, 0.1) is 0 Å². The molecule has 1 rings (SSSR count). The van der Waals surface area contributed by atoms with E-state index < -0.39 is 11.9 Å². The van der Waals surface area contributed by atoms with E-state index in [1.807, 2.05) is 13.8 Å². The van der Waals surface area contributed by atoms with E-state index in [0.29, 0.717) is 5.82 Å². The van der Waals surface area contributed by atoms with Crippen LogP contribution in [0.25, 0.3) is 0 Å². The standard InChI is InChI=1S/C12H19N5O2/c1-7(2)15-11(18)8(3)16-12(19)9-5-14-6-10(13-4)17-9/h5-8H,1-4H3,(H,13,17)(H,15,18)(H,16,19). The zero-order valence-corrected chi connectivity index (χ0v) is 11.5. The number of amides is 2. The SMILES string of the molecule is CNc1cncc(C(=O)NC(C)C(=O)NC(C)C)n1. The molecule has 0 radical (unpaired) electrons. The molecule has 0 saturated carbocycles. The topological polar surface area (TPSA) is 96.0 Å². The van der Waals surface area contributed by atoms with Gasteiger partial charge in [-0.25, -0.2) is 4.98 Å². The molecule has 7 heteroatoms. The molecule has 19 heavy (non-hydrogen) atoms. The third kappa shape index (κ3) is 4.53. The lowest BCUT2D eigenvalue weighted by Gasteiger charge is -2.15. The first-order chi connectivity index (χ1) is 8.93. The molecule has 3 N–H and O–H groups in total. The molecule has 104 valence electrons. The summed E-state index contributed by atoms with van der Waals surface area (Å²) in [6.07, 6.45) is 2.86. The molecule has 1 atom stereocenters. The fourth-order valence-corrected chi connectivity index (χ4v) is 1.34. The van der Waals surface area contributed by atoms with Gasteiger partial charge >= 0.3 is 0 Å². The van der Waals surface area contributed by atoms with Gasteiger partial charge in [-0.15, -0.1) is 0 Å². The van der Waals surface area contributed by atoms with E-state index in [-0.39, 0.29) is 17.6 Å². The van der Waals surface area contributed by atoms with Crippen LogP contribution in [-0.4, -0.2) is 40.9 Å². The highest BCUT2D eigenvalue weighted by atomic mass is 16.2. The van der Waals surface area contributed by atoms with Crippen LogP contribution in [0.15, 0.2) is 12.4 Å². The number of rotatable bonds is 5. The largest absolute Gasteiger partial charge is 0.372 e. The minimum atomic E-state index is -0.630. The fraction of sp³-hybridized carbons (Fsp3) is 0.500. The van der Waals surface area contributed by atoms with Crippen LogP contribution in [0.1, 0.15) is 31.3 Å². The van der Waals surface area contributed by atoms with Crippen molar-refractivity contribution in [2.45, 2.75) is 32.9 Å². The Labute approximate surface area is 112 Å².